The van der Waals surface area contributed by atoms with E-state index in [0.717, 1.165) is 32.3 Å². The molecule has 2 heterocycles. The molecule has 0 aliphatic carbocycles. The van der Waals surface area contributed by atoms with Crippen LogP contribution in [-0.4, -0.2) is 25.0 Å². The molecule has 1 N–H and O–H groups in total. The van der Waals surface area contributed by atoms with Crippen molar-refractivity contribution in [2.75, 3.05) is 13.2 Å². The van der Waals surface area contributed by atoms with Crippen LogP contribution < -0.4 is 5.32 Å². The Balaban J connectivity index is 2.21. The first-order valence-electron chi connectivity index (χ1n) is 6.09. The normalized spacial score (nSPS) is 35.2. The van der Waals surface area contributed by atoms with Crippen molar-refractivity contribution in [3.8, 4) is 0 Å². The number of carbonyl (C=O) groups excluding carboxylic acids is 2. The molecule has 0 aromatic rings. The van der Waals surface area contributed by atoms with E-state index in [0.29, 0.717) is 13.0 Å². The molecule has 16 heavy (non-hydrogen) atoms. The van der Waals surface area contributed by atoms with Crippen LogP contribution in [0.25, 0.3) is 0 Å². The molecule has 0 saturated carbocycles. The first-order chi connectivity index (χ1) is 7.68. The Morgan fingerprint density at radius 2 is 2.31 bits per heavy atom. The summed E-state index contributed by atoms with van der Waals surface area (Å²) in [6, 6.07) is 0. The molecule has 0 aromatic carbocycles. The number of rotatable bonds is 2. The molecular weight excluding hydrogens is 206 g/mol. The Morgan fingerprint density at radius 3 is 2.94 bits per heavy atom. The Kier molecular flexibility index (Phi) is 3.28. The second kappa shape index (κ2) is 4.53. The summed E-state index contributed by atoms with van der Waals surface area (Å²) in [5.74, 6) is -0.276. The fourth-order valence-corrected chi connectivity index (χ4v) is 3.00. The van der Waals surface area contributed by atoms with Crippen LogP contribution in [-0.2, 0) is 14.3 Å². The maximum atomic E-state index is 11.9. The summed E-state index contributed by atoms with van der Waals surface area (Å²) in [6.45, 7) is 3.40. The van der Waals surface area contributed by atoms with Gasteiger partial charge in [-0.2, -0.15) is 0 Å². The third-order valence-electron chi connectivity index (χ3n) is 3.76. The minimum atomic E-state index is -0.215. The molecule has 2 atom stereocenters. The Morgan fingerprint density at radius 1 is 1.50 bits per heavy atom. The van der Waals surface area contributed by atoms with Crippen LogP contribution in [0.4, 0.5) is 0 Å². The zero-order valence-corrected chi connectivity index (χ0v) is 9.75. The third-order valence-corrected chi connectivity index (χ3v) is 3.76. The van der Waals surface area contributed by atoms with E-state index >= 15 is 0 Å². The van der Waals surface area contributed by atoms with Crippen molar-refractivity contribution in [3.63, 3.8) is 0 Å². The SMILES string of the molecule is CCCC1C(=O)NC(=O)CC12CCCOC2. The van der Waals surface area contributed by atoms with Crippen molar-refractivity contribution < 1.29 is 14.3 Å². The quantitative estimate of drug-likeness (QED) is 0.719. The monoisotopic (exact) mass is 225 g/mol. The largest absolute Gasteiger partial charge is 0.381 e. The van der Waals surface area contributed by atoms with Gasteiger partial charge in [-0.25, -0.2) is 0 Å². The maximum absolute atomic E-state index is 11.9. The van der Waals surface area contributed by atoms with Crippen molar-refractivity contribution in [1.82, 2.24) is 5.32 Å². The minimum Gasteiger partial charge on any atom is -0.381 e. The summed E-state index contributed by atoms with van der Waals surface area (Å²) < 4.78 is 5.50. The average Bonchev–Trinajstić information content (AvgIpc) is 2.25. The van der Waals surface area contributed by atoms with Crippen LogP contribution in [0.1, 0.15) is 39.0 Å². The molecule has 4 nitrogen and oxygen atoms in total. The van der Waals surface area contributed by atoms with E-state index in [1.165, 1.54) is 0 Å². The van der Waals surface area contributed by atoms with Crippen LogP contribution >= 0.6 is 0 Å². The van der Waals surface area contributed by atoms with Gasteiger partial charge in [0.2, 0.25) is 11.8 Å². The Hall–Kier alpha value is -0.900. The van der Waals surface area contributed by atoms with Gasteiger partial charge >= 0.3 is 0 Å². The number of imide groups is 1. The van der Waals surface area contributed by atoms with E-state index in [9.17, 15) is 9.59 Å². The van der Waals surface area contributed by atoms with E-state index in [1.54, 1.807) is 0 Å². The van der Waals surface area contributed by atoms with Crippen LogP contribution in [0.3, 0.4) is 0 Å². The number of hydrogen-bond acceptors (Lipinski definition) is 3. The second-order valence-electron chi connectivity index (χ2n) is 4.95. The molecule has 2 rings (SSSR count). The molecule has 90 valence electrons. The Labute approximate surface area is 95.7 Å². The van der Waals surface area contributed by atoms with Gasteiger partial charge in [0.15, 0.2) is 0 Å². The summed E-state index contributed by atoms with van der Waals surface area (Å²) in [5, 5.41) is 2.45. The summed E-state index contributed by atoms with van der Waals surface area (Å²) in [4.78, 5) is 23.4. The van der Waals surface area contributed by atoms with Crippen LogP contribution in [0.15, 0.2) is 0 Å². The van der Waals surface area contributed by atoms with Gasteiger partial charge in [-0.05, 0) is 19.3 Å². The highest BCUT2D eigenvalue weighted by atomic mass is 16.5. The van der Waals surface area contributed by atoms with Crippen LogP contribution in [0.2, 0.25) is 0 Å². The first kappa shape index (κ1) is 11.6. The van der Waals surface area contributed by atoms with Crippen LogP contribution in [0.5, 0.6) is 0 Å². The minimum absolute atomic E-state index is 0.0458. The molecule has 2 aliphatic rings. The molecule has 4 heteroatoms. The number of carbonyl (C=O) groups is 2. The predicted molar refractivity (Wildman–Crippen MR) is 58.7 cm³/mol. The summed E-state index contributed by atoms with van der Waals surface area (Å²) >= 11 is 0. The molecule has 1 spiro atoms. The Bertz CT molecular complexity index is 295. The fraction of sp³-hybridized carbons (Fsp3) is 0.833. The molecule has 0 bridgehead atoms. The van der Waals surface area contributed by atoms with Gasteiger partial charge in [0.1, 0.15) is 0 Å². The topological polar surface area (TPSA) is 55.4 Å². The summed E-state index contributed by atoms with van der Waals surface area (Å²) in [6.07, 6.45) is 4.16. The van der Waals surface area contributed by atoms with Gasteiger partial charge in [-0.15, -0.1) is 0 Å². The van der Waals surface area contributed by atoms with E-state index in [1.807, 2.05) is 0 Å². The lowest BCUT2D eigenvalue weighted by molar-refractivity contribution is -0.151. The lowest BCUT2D eigenvalue weighted by atomic mass is 9.65. The maximum Gasteiger partial charge on any atom is 0.230 e. The molecule has 2 unspecified atom stereocenters. The molecule has 0 radical (unpaired) electrons. The van der Waals surface area contributed by atoms with Gasteiger partial charge in [0, 0.05) is 24.4 Å². The summed E-state index contributed by atoms with van der Waals surface area (Å²) in [5.41, 5.74) is -0.215. The van der Waals surface area contributed by atoms with Crippen molar-refractivity contribution >= 4 is 11.8 Å². The molecule has 2 saturated heterocycles. The van der Waals surface area contributed by atoms with Crippen molar-refractivity contribution in [1.29, 1.82) is 0 Å². The number of hydrogen-bond donors (Lipinski definition) is 1. The second-order valence-corrected chi connectivity index (χ2v) is 4.95. The zero-order valence-electron chi connectivity index (χ0n) is 9.75. The molecule has 2 fully saturated rings. The van der Waals surface area contributed by atoms with Gasteiger partial charge in [0.05, 0.1) is 6.61 Å². The van der Waals surface area contributed by atoms with E-state index in [4.69, 9.17) is 4.74 Å². The third kappa shape index (κ3) is 1.98. The fourth-order valence-electron chi connectivity index (χ4n) is 3.00. The van der Waals surface area contributed by atoms with Gasteiger partial charge < -0.3 is 4.74 Å². The highest BCUT2D eigenvalue weighted by Crippen LogP contribution is 2.43. The molecule has 2 aliphatic heterocycles. The van der Waals surface area contributed by atoms with Gasteiger partial charge in [-0.1, -0.05) is 13.3 Å². The number of ether oxygens (including phenoxy) is 1. The standard InChI is InChI=1S/C12H19NO3/c1-2-4-9-11(15)13-10(14)7-12(9)5-3-6-16-8-12/h9H,2-8H2,1H3,(H,13,14,15). The zero-order chi connectivity index (χ0) is 11.6. The highest BCUT2D eigenvalue weighted by molar-refractivity contribution is 5.99. The molecule has 2 amide bonds. The number of nitrogens with one attached hydrogen (secondary N) is 1. The highest BCUT2D eigenvalue weighted by Gasteiger charge is 2.48. The molecule has 0 aromatic heterocycles. The van der Waals surface area contributed by atoms with E-state index in [-0.39, 0.29) is 23.1 Å². The predicted octanol–water partition coefficient (Wildman–Crippen LogP) is 1.25. The van der Waals surface area contributed by atoms with Crippen molar-refractivity contribution in [2.45, 2.75) is 39.0 Å². The average molecular weight is 225 g/mol. The van der Waals surface area contributed by atoms with Gasteiger partial charge in [0.25, 0.3) is 0 Å². The molecular formula is C12H19NO3. The van der Waals surface area contributed by atoms with Crippen LogP contribution in [0, 0.1) is 11.3 Å². The van der Waals surface area contributed by atoms with E-state index in [2.05, 4.69) is 12.2 Å². The van der Waals surface area contributed by atoms with Crippen molar-refractivity contribution in [3.05, 3.63) is 0 Å². The van der Waals surface area contributed by atoms with Crippen molar-refractivity contribution in [2.24, 2.45) is 11.3 Å². The lowest BCUT2D eigenvalue weighted by Crippen LogP contribution is -2.55. The van der Waals surface area contributed by atoms with E-state index < -0.39 is 0 Å². The number of piperidine rings is 1. The first-order valence-corrected chi connectivity index (χ1v) is 6.09. The smallest absolute Gasteiger partial charge is 0.230 e. The summed E-state index contributed by atoms with van der Waals surface area (Å²) in [7, 11) is 0. The van der Waals surface area contributed by atoms with Gasteiger partial charge in [-0.3, -0.25) is 14.9 Å². The lowest BCUT2D eigenvalue weighted by Gasteiger charge is -2.44. The number of amides is 2.